The molecular formula is C54H34N4Pt. The van der Waals surface area contributed by atoms with Gasteiger partial charge in [0.1, 0.15) is 0 Å². The van der Waals surface area contributed by atoms with Gasteiger partial charge in [-0.15, -0.1) is 59.7 Å². The Bertz CT molecular complexity index is 3130. The summed E-state index contributed by atoms with van der Waals surface area (Å²) in [6.45, 7) is 0. The van der Waals surface area contributed by atoms with Crippen LogP contribution in [-0.4, -0.2) is 14.5 Å². The van der Waals surface area contributed by atoms with Crippen LogP contribution in [0.3, 0.4) is 0 Å². The van der Waals surface area contributed by atoms with Gasteiger partial charge in [-0.05, 0) is 104 Å². The number of imidazole rings is 1. The number of aromatic nitrogens is 3. The van der Waals surface area contributed by atoms with Crippen molar-refractivity contribution in [3.8, 4) is 72.8 Å². The second-order valence-corrected chi connectivity index (χ2v) is 14.4. The Labute approximate surface area is 358 Å². The predicted molar refractivity (Wildman–Crippen MR) is 237 cm³/mol. The van der Waals surface area contributed by atoms with Gasteiger partial charge in [0, 0.05) is 17.6 Å². The molecule has 1 aliphatic rings. The third-order valence-corrected chi connectivity index (χ3v) is 11.0. The molecule has 11 rings (SSSR count). The van der Waals surface area contributed by atoms with Crippen LogP contribution in [0, 0.1) is 12.1 Å². The molecule has 0 spiro atoms. The van der Waals surface area contributed by atoms with Crippen LogP contribution in [0.4, 0.5) is 17.1 Å². The summed E-state index contributed by atoms with van der Waals surface area (Å²) in [6.07, 6.45) is 1.82. The maximum atomic E-state index is 5.31. The normalized spacial score (nSPS) is 11.3. The summed E-state index contributed by atoms with van der Waals surface area (Å²) in [5.74, 6) is 0.812. The fraction of sp³-hybridized carbons (Fsp3) is 0. The van der Waals surface area contributed by atoms with Crippen LogP contribution in [0.5, 0.6) is 0 Å². The number of anilines is 3. The minimum absolute atomic E-state index is 0. The van der Waals surface area contributed by atoms with Gasteiger partial charge in [0.2, 0.25) is 0 Å². The molecule has 1 aliphatic carbocycles. The predicted octanol–water partition coefficient (Wildman–Crippen LogP) is 13.8. The van der Waals surface area contributed by atoms with E-state index in [4.69, 9.17) is 4.98 Å². The van der Waals surface area contributed by atoms with Crippen molar-refractivity contribution in [2.45, 2.75) is 0 Å². The van der Waals surface area contributed by atoms with E-state index >= 15 is 0 Å². The Balaban J connectivity index is 0.00000420. The summed E-state index contributed by atoms with van der Waals surface area (Å²) in [7, 11) is 0. The van der Waals surface area contributed by atoms with Gasteiger partial charge >= 0.3 is 21.1 Å². The molecule has 0 radical (unpaired) electrons. The smallest absolute Gasteiger partial charge is 0.346 e. The summed E-state index contributed by atoms with van der Waals surface area (Å²) in [5, 5.41) is 0. The van der Waals surface area contributed by atoms with Crippen molar-refractivity contribution in [2.24, 2.45) is 0 Å². The van der Waals surface area contributed by atoms with Crippen molar-refractivity contribution < 1.29 is 21.1 Å². The second kappa shape index (κ2) is 15.3. The molecule has 10 aromatic rings. The van der Waals surface area contributed by atoms with Crippen molar-refractivity contribution in [3.05, 3.63) is 219 Å². The van der Waals surface area contributed by atoms with Gasteiger partial charge in [-0.3, -0.25) is 4.98 Å². The number of pyridine rings is 1. The largest absolute Gasteiger partial charge is 2.00 e. The third kappa shape index (κ3) is 6.39. The van der Waals surface area contributed by atoms with E-state index in [1.807, 2.05) is 30.5 Å². The van der Waals surface area contributed by atoms with Crippen LogP contribution in [-0.2, 0) is 21.1 Å². The molecule has 0 saturated heterocycles. The molecule has 0 atom stereocenters. The van der Waals surface area contributed by atoms with E-state index in [2.05, 4.69) is 203 Å². The Morgan fingerprint density at radius 1 is 0.424 bits per heavy atom. The van der Waals surface area contributed by atoms with Gasteiger partial charge < -0.3 is 14.5 Å². The van der Waals surface area contributed by atoms with Crippen LogP contribution in [0.2, 0.25) is 0 Å². The molecule has 2 aromatic heterocycles. The summed E-state index contributed by atoms with van der Waals surface area (Å²) < 4.78 is 2.28. The number of fused-ring (bicyclic) bond motifs is 9. The Morgan fingerprint density at radius 2 is 0.949 bits per heavy atom. The zero-order valence-corrected chi connectivity index (χ0v) is 34.0. The zero-order chi connectivity index (χ0) is 38.4. The first-order chi connectivity index (χ1) is 28.8. The van der Waals surface area contributed by atoms with Crippen molar-refractivity contribution >= 4 is 28.1 Å². The molecule has 0 unspecified atom stereocenters. The summed E-state index contributed by atoms with van der Waals surface area (Å²) in [6, 6.07) is 77.9. The maximum absolute atomic E-state index is 5.31. The van der Waals surface area contributed by atoms with Gasteiger partial charge in [0.15, 0.2) is 0 Å². The van der Waals surface area contributed by atoms with Crippen LogP contribution >= 0.6 is 0 Å². The minimum Gasteiger partial charge on any atom is -0.346 e. The van der Waals surface area contributed by atoms with Gasteiger partial charge in [-0.1, -0.05) is 121 Å². The number of para-hydroxylation sites is 3. The molecule has 4 nitrogen and oxygen atoms in total. The standard InChI is InChI=1S/C54H34N4.Pt/c1-2-18-39(19-3-1)57(40-20-14-16-37(34-40)51-28-12-13-33-55-51)41-21-15-17-38(35-41)54-56-52-29-10-11-30-53(52)58(54)42-31-32-49-47-26-7-6-24-45(47)43-22-4-5-23-44(43)46-25-8-9-27-48(46)50(49)36-42;/h1-33,36H;/q-2;+2. The maximum Gasteiger partial charge on any atom is 2.00 e. The monoisotopic (exact) mass is 933 g/mol. The summed E-state index contributed by atoms with van der Waals surface area (Å²) in [4.78, 5) is 12.1. The Hall–Kier alpha value is -7.13. The summed E-state index contributed by atoms with van der Waals surface area (Å²) >= 11 is 0. The number of hydrogen-bond donors (Lipinski definition) is 0. The fourth-order valence-electron chi connectivity index (χ4n) is 8.42. The van der Waals surface area contributed by atoms with Crippen LogP contribution in [0.25, 0.3) is 83.9 Å². The third-order valence-electron chi connectivity index (χ3n) is 11.0. The van der Waals surface area contributed by atoms with Crippen molar-refractivity contribution in [3.63, 3.8) is 0 Å². The molecule has 0 fully saturated rings. The van der Waals surface area contributed by atoms with E-state index in [-0.39, 0.29) is 21.1 Å². The van der Waals surface area contributed by atoms with Gasteiger partial charge in [-0.2, -0.15) is 0 Å². The van der Waals surface area contributed by atoms with Crippen molar-refractivity contribution in [1.29, 1.82) is 0 Å². The van der Waals surface area contributed by atoms with Gasteiger partial charge in [-0.25, -0.2) is 0 Å². The van der Waals surface area contributed by atoms with E-state index in [0.717, 1.165) is 56.4 Å². The number of nitrogens with zero attached hydrogens (tertiary/aromatic N) is 4. The van der Waals surface area contributed by atoms with E-state index in [1.54, 1.807) is 0 Å². The molecule has 0 saturated carbocycles. The quantitative estimate of drug-likeness (QED) is 0.156. The summed E-state index contributed by atoms with van der Waals surface area (Å²) in [5.41, 5.74) is 18.1. The average molecular weight is 934 g/mol. The number of hydrogen-bond acceptors (Lipinski definition) is 3. The van der Waals surface area contributed by atoms with Crippen LogP contribution in [0.15, 0.2) is 206 Å². The molecule has 5 heteroatoms. The van der Waals surface area contributed by atoms with Crippen LogP contribution < -0.4 is 4.90 Å². The number of rotatable bonds is 6. The van der Waals surface area contributed by atoms with E-state index in [9.17, 15) is 0 Å². The molecular weight excluding hydrogens is 900 g/mol. The van der Waals surface area contributed by atoms with Gasteiger partial charge in [0.25, 0.3) is 0 Å². The molecule has 0 aliphatic heterocycles. The van der Waals surface area contributed by atoms with Crippen molar-refractivity contribution in [2.75, 3.05) is 4.90 Å². The van der Waals surface area contributed by atoms with Crippen molar-refractivity contribution in [1.82, 2.24) is 14.5 Å². The molecule has 59 heavy (non-hydrogen) atoms. The van der Waals surface area contributed by atoms with Gasteiger partial charge in [0.05, 0.1) is 16.9 Å². The molecule has 0 N–H and O–H groups in total. The van der Waals surface area contributed by atoms with E-state index < -0.39 is 0 Å². The fourth-order valence-corrected chi connectivity index (χ4v) is 8.42. The zero-order valence-electron chi connectivity index (χ0n) is 31.7. The Kier molecular flexibility index (Phi) is 9.41. The molecule has 8 aromatic carbocycles. The number of benzene rings is 8. The van der Waals surface area contributed by atoms with E-state index in [0.29, 0.717) is 0 Å². The topological polar surface area (TPSA) is 34.0 Å². The molecule has 2 heterocycles. The molecule has 280 valence electrons. The minimum atomic E-state index is 0. The van der Waals surface area contributed by atoms with E-state index in [1.165, 1.54) is 44.5 Å². The first kappa shape index (κ1) is 36.2. The second-order valence-electron chi connectivity index (χ2n) is 14.4. The average Bonchev–Trinajstić information content (AvgIpc) is 3.69. The molecule has 0 amide bonds. The first-order valence-electron chi connectivity index (χ1n) is 19.5. The van der Waals surface area contributed by atoms with Crippen LogP contribution in [0.1, 0.15) is 0 Å². The molecule has 0 bridgehead atoms. The SMILES string of the molecule is [Pt+2].[c-]1c(-c2ccccn2)cccc1N(c1[c-]c(-c2nc3ccccc3n2-c2ccc3c(c2)-c2ccccc2-c2ccccc2-c2ccccc2-3)ccc1)c1ccccc1. The Morgan fingerprint density at radius 3 is 1.58 bits per heavy atom. The first-order valence-corrected chi connectivity index (χ1v) is 19.5.